The first-order chi connectivity index (χ1) is 6.91. The summed E-state index contributed by atoms with van der Waals surface area (Å²) in [6, 6.07) is 4.69. The molecule has 0 fully saturated rings. The van der Waals surface area contributed by atoms with Gasteiger partial charge in [0.2, 0.25) is 0 Å². The van der Waals surface area contributed by atoms with Crippen molar-refractivity contribution in [1.29, 1.82) is 0 Å². The van der Waals surface area contributed by atoms with Gasteiger partial charge in [-0.3, -0.25) is 0 Å². The topological polar surface area (TPSA) is 4.93 Å². The molecule has 0 N–H and O–H groups in total. The van der Waals surface area contributed by atoms with Gasteiger partial charge >= 0.3 is 6.18 Å². The summed E-state index contributed by atoms with van der Waals surface area (Å²) in [4.78, 5) is 0. The van der Waals surface area contributed by atoms with Crippen molar-refractivity contribution in [2.45, 2.75) is 6.18 Å². The summed E-state index contributed by atoms with van der Waals surface area (Å²) in [6.07, 6.45) is -2.66. The highest BCUT2D eigenvalue weighted by molar-refractivity contribution is 14.1. The molecule has 0 saturated carbocycles. The number of hydrogen-bond donors (Lipinski definition) is 0. The number of rotatable bonds is 0. The third-order valence-electron chi connectivity index (χ3n) is 2.30. The molecule has 0 unspecified atom stereocenters. The second kappa shape index (κ2) is 3.40. The van der Waals surface area contributed by atoms with Crippen molar-refractivity contribution in [3.05, 3.63) is 33.5 Å². The predicted octanol–water partition coefficient (Wildman–Crippen LogP) is 3.80. The fourth-order valence-electron chi connectivity index (χ4n) is 1.61. The van der Waals surface area contributed by atoms with Crippen LogP contribution in [0.4, 0.5) is 13.2 Å². The fourth-order valence-corrected chi connectivity index (χ4v) is 2.39. The second-order valence-electron chi connectivity index (χ2n) is 3.28. The van der Waals surface area contributed by atoms with Crippen LogP contribution in [-0.4, -0.2) is 4.57 Å². The standard InChI is InChI=1S/C10H7F3IN/c1-15-5-4-6-8(15)3-2-7(14)9(6)10(11,12)13/h2-5H,1H3. The summed E-state index contributed by atoms with van der Waals surface area (Å²) in [7, 11) is 1.73. The van der Waals surface area contributed by atoms with Gasteiger partial charge in [-0.1, -0.05) is 0 Å². The van der Waals surface area contributed by atoms with Gasteiger partial charge in [0.1, 0.15) is 0 Å². The number of benzene rings is 1. The normalized spacial score (nSPS) is 12.3. The highest BCUT2D eigenvalue weighted by Crippen LogP contribution is 2.38. The summed E-state index contributed by atoms with van der Waals surface area (Å²) >= 11 is 1.71. The molecule has 0 aliphatic rings. The molecule has 0 aliphatic carbocycles. The Kier molecular flexibility index (Phi) is 2.44. The van der Waals surface area contributed by atoms with Gasteiger partial charge in [0.25, 0.3) is 0 Å². The average molecular weight is 325 g/mol. The molecule has 1 heterocycles. The third-order valence-corrected chi connectivity index (χ3v) is 3.20. The smallest absolute Gasteiger partial charge is 0.351 e. The monoisotopic (exact) mass is 325 g/mol. The highest BCUT2D eigenvalue weighted by Gasteiger charge is 2.35. The molecule has 0 aliphatic heterocycles. The molecular weight excluding hydrogens is 318 g/mol. The Balaban J connectivity index is 2.87. The van der Waals surface area contributed by atoms with Gasteiger partial charge in [-0.25, -0.2) is 0 Å². The number of hydrogen-bond acceptors (Lipinski definition) is 0. The van der Waals surface area contributed by atoms with E-state index in [1.54, 1.807) is 46.5 Å². The van der Waals surface area contributed by atoms with Crippen LogP contribution in [0.1, 0.15) is 5.56 Å². The van der Waals surface area contributed by atoms with E-state index in [0.717, 1.165) is 0 Å². The van der Waals surface area contributed by atoms with Gasteiger partial charge in [0, 0.05) is 27.7 Å². The van der Waals surface area contributed by atoms with E-state index in [1.165, 1.54) is 12.1 Å². The second-order valence-corrected chi connectivity index (χ2v) is 4.44. The molecule has 1 aromatic heterocycles. The Labute approximate surface area is 98.0 Å². The Hall–Kier alpha value is -0.720. The van der Waals surface area contributed by atoms with Crippen LogP contribution < -0.4 is 0 Å². The maximum Gasteiger partial charge on any atom is 0.418 e. The van der Waals surface area contributed by atoms with Gasteiger partial charge in [-0.05, 0) is 40.8 Å². The molecule has 0 spiro atoms. The molecule has 0 bridgehead atoms. The predicted molar refractivity (Wildman–Crippen MR) is 60.6 cm³/mol. The summed E-state index contributed by atoms with van der Waals surface area (Å²) in [5, 5.41) is 0.261. The molecule has 2 rings (SSSR count). The molecule has 15 heavy (non-hydrogen) atoms. The zero-order valence-electron chi connectivity index (χ0n) is 7.77. The minimum atomic E-state index is -4.29. The van der Waals surface area contributed by atoms with Crippen molar-refractivity contribution in [2.24, 2.45) is 7.05 Å². The van der Waals surface area contributed by atoms with Crippen LogP contribution >= 0.6 is 22.6 Å². The maximum atomic E-state index is 12.8. The van der Waals surface area contributed by atoms with Crippen molar-refractivity contribution >= 4 is 33.5 Å². The fraction of sp³-hybridized carbons (Fsp3) is 0.200. The van der Waals surface area contributed by atoms with Crippen LogP contribution in [0, 0.1) is 3.57 Å². The summed E-state index contributed by atoms with van der Waals surface area (Å²) in [5.74, 6) is 0. The lowest BCUT2D eigenvalue weighted by Gasteiger charge is -2.10. The van der Waals surface area contributed by atoms with E-state index in [2.05, 4.69) is 0 Å². The summed E-state index contributed by atoms with van der Waals surface area (Å²) in [5.41, 5.74) is 0.0592. The number of aromatic nitrogens is 1. The third kappa shape index (κ3) is 1.73. The number of alkyl halides is 3. The van der Waals surface area contributed by atoms with Crippen molar-refractivity contribution in [3.63, 3.8) is 0 Å². The van der Waals surface area contributed by atoms with Crippen LogP contribution in [0.25, 0.3) is 10.9 Å². The zero-order valence-corrected chi connectivity index (χ0v) is 9.93. The molecule has 5 heteroatoms. The quantitative estimate of drug-likeness (QED) is 0.649. The molecule has 0 amide bonds. The van der Waals surface area contributed by atoms with Gasteiger partial charge < -0.3 is 4.57 Å². The molecule has 0 atom stereocenters. The first-order valence-electron chi connectivity index (χ1n) is 4.22. The van der Waals surface area contributed by atoms with Crippen LogP contribution in [0.5, 0.6) is 0 Å². The zero-order chi connectivity index (χ0) is 11.2. The van der Waals surface area contributed by atoms with Crippen molar-refractivity contribution in [3.8, 4) is 0 Å². The van der Waals surface area contributed by atoms with Crippen LogP contribution in [0.3, 0.4) is 0 Å². The van der Waals surface area contributed by atoms with Gasteiger partial charge in [-0.2, -0.15) is 13.2 Å². The lowest BCUT2D eigenvalue weighted by Crippen LogP contribution is -2.08. The van der Waals surface area contributed by atoms with Crippen LogP contribution in [0.2, 0.25) is 0 Å². The van der Waals surface area contributed by atoms with E-state index in [0.29, 0.717) is 5.52 Å². The first-order valence-corrected chi connectivity index (χ1v) is 5.30. The molecule has 0 saturated heterocycles. The molecule has 1 aromatic carbocycles. The minimum absolute atomic E-state index is 0.235. The maximum absolute atomic E-state index is 12.8. The molecule has 2 aromatic rings. The summed E-state index contributed by atoms with van der Waals surface area (Å²) < 4.78 is 40.2. The number of nitrogens with zero attached hydrogens (tertiary/aromatic N) is 1. The molecular formula is C10H7F3IN. The number of halogens is 4. The van der Waals surface area contributed by atoms with Gasteiger partial charge in [-0.15, -0.1) is 0 Å². The summed E-state index contributed by atoms with van der Waals surface area (Å²) in [6.45, 7) is 0. The SMILES string of the molecule is Cn1ccc2c(C(F)(F)F)c(I)ccc21. The molecule has 80 valence electrons. The highest BCUT2D eigenvalue weighted by atomic mass is 127. The first kappa shape index (κ1) is 10.8. The Morgan fingerprint density at radius 1 is 1.20 bits per heavy atom. The van der Waals surface area contributed by atoms with E-state index in [1.807, 2.05) is 0 Å². The molecule has 0 radical (unpaired) electrons. The van der Waals surface area contributed by atoms with Gasteiger partial charge in [0.15, 0.2) is 0 Å². The van der Waals surface area contributed by atoms with E-state index in [9.17, 15) is 13.2 Å². The number of fused-ring (bicyclic) bond motifs is 1. The van der Waals surface area contributed by atoms with E-state index in [4.69, 9.17) is 0 Å². The Bertz CT molecular complexity index is 513. The van der Waals surface area contributed by atoms with Gasteiger partial charge in [0.05, 0.1) is 5.56 Å². The number of aryl methyl sites for hydroxylation is 1. The Morgan fingerprint density at radius 3 is 2.47 bits per heavy atom. The lowest BCUT2D eigenvalue weighted by atomic mass is 10.1. The Morgan fingerprint density at radius 2 is 1.87 bits per heavy atom. The van der Waals surface area contributed by atoms with E-state index >= 15 is 0 Å². The van der Waals surface area contributed by atoms with E-state index < -0.39 is 11.7 Å². The average Bonchev–Trinajstić information content (AvgIpc) is 2.45. The van der Waals surface area contributed by atoms with Crippen LogP contribution in [-0.2, 0) is 13.2 Å². The van der Waals surface area contributed by atoms with Crippen molar-refractivity contribution in [2.75, 3.05) is 0 Å². The molecule has 1 nitrogen and oxygen atoms in total. The van der Waals surface area contributed by atoms with E-state index in [-0.39, 0.29) is 8.96 Å². The lowest BCUT2D eigenvalue weighted by molar-refractivity contribution is -0.136. The minimum Gasteiger partial charge on any atom is -0.351 e. The largest absolute Gasteiger partial charge is 0.418 e. The van der Waals surface area contributed by atoms with Crippen molar-refractivity contribution in [1.82, 2.24) is 4.57 Å². The van der Waals surface area contributed by atoms with Crippen molar-refractivity contribution < 1.29 is 13.2 Å². The van der Waals surface area contributed by atoms with Crippen LogP contribution in [0.15, 0.2) is 24.4 Å².